The second-order valence-corrected chi connectivity index (χ2v) is 10.1. The number of hydrogen-bond donors (Lipinski definition) is 0. The Morgan fingerprint density at radius 3 is 2.23 bits per heavy atom. The van der Waals surface area contributed by atoms with Gasteiger partial charge in [0.1, 0.15) is 11.5 Å². The quantitative estimate of drug-likeness (QED) is 0.400. The van der Waals surface area contributed by atoms with Crippen molar-refractivity contribution in [1.82, 2.24) is 0 Å². The van der Waals surface area contributed by atoms with Crippen molar-refractivity contribution in [3.05, 3.63) is 101 Å². The molecule has 0 bridgehead atoms. The lowest BCUT2D eigenvalue weighted by Crippen LogP contribution is -2.29. The molecule has 0 amide bonds. The van der Waals surface area contributed by atoms with Gasteiger partial charge >= 0.3 is 0 Å². The molecule has 0 radical (unpaired) electrons. The molecular formula is C30H28O. The highest BCUT2D eigenvalue weighted by Gasteiger charge is 2.38. The molecule has 3 aliphatic rings. The molecule has 0 aromatic heterocycles. The van der Waals surface area contributed by atoms with Gasteiger partial charge in [0.2, 0.25) is 0 Å². The molecule has 0 fully saturated rings. The van der Waals surface area contributed by atoms with Crippen LogP contribution in [0.2, 0.25) is 0 Å². The molecule has 1 aliphatic heterocycles. The van der Waals surface area contributed by atoms with E-state index in [4.69, 9.17) is 4.74 Å². The van der Waals surface area contributed by atoms with Crippen LogP contribution in [0, 0.1) is 0 Å². The zero-order chi connectivity index (χ0) is 21.4. The lowest BCUT2D eigenvalue weighted by atomic mass is 9.72. The van der Waals surface area contributed by atoms with Gasteiger partial charge in [-0.05, 0) is 70.5 Å². The minimum absolute atomic E-state index is 0.0479. The number of fused-ring (bicyclic) bond motifs is 5. The van der Waals surface area contributed by atoms with Gasteiger partial charge in [0.25, 0.3) is 0 Å². The van der Waals surface area contributed by atoms with E-state index in [0.29, 0.717) is 0 Å². The van der Waals surface area contributed by atoms with Gasteiger partial charge < -0.3 is 4.74 Å². The Morgan fingerprint density at radius 2 is 1.35 bits per heavy atom. The maximum atomic E-state index is 6.30. The molecule has 0 N–H and O–H groups in total. The second-order valence-electron chi connectivity index (χ2n) is 10.1. The normalized spacial score (nSPS) is 19.2. The molecule has 3 aromatic carbocycles. The van der Waals surface area contributed by atoms with Crippen LogP contribution >= 0.6 is 0 Å². The molecule has 3 aromatic rings. The highest BCUT2D eigenvalue weighted by molar-refractivity contribution is 5.84. The van der Waals surface area contributed by atoms with Crippen molar-refractivity contribution < 1.29 is 4.74 Å². The number of allylic oxidation sites excluding steroid dienone is 3. The molecule has 1 nitrogen and oxygen atoms in total. The predicted molar refractivity (Wildman–Crippen MR) is 128 cm³/mol. The fourth-order valence-corrected chi connectivity index (χ4v) is 5.76. The van der Waals surface area contributed by atoms with Crippen molar-refractivity contribution in [1.29, 1.82) is 0 Å². The van der Waals surface area contributed by atoms with Crippen molar-refractivity contribution >= 4 is 0 Å². The fraction of sp³-hybridized carbons (Fsp3) is 0.267. The first kappa shape index (κ1) is 18.7. The van der Waals surface area contributed by atoms with Gasteiger partial charge in [0.15, 0.2) is 0 Å². The molecule has 0 saturated carbocycles. The van der Waals surface area contributed by atoms with Crippen LogP contribution in [0.3, 0.4) is 0 Å². The first-order valence-corrected chi connectivity index (χ1v) is 11.4. The SMILES string of the molecule is CC1(C)C2=CCCC=C2Oc2ccc(-c3ccc4c(c3)-c3ccccc3C4(C)C)cc21. The maximum Gasteiger partial charge on any atom is 0.131 e. The molecule has 2 aliphatic carbocycles. The van der Waals surface area contributed by atoms with Crippen molar-refractivity contribution in [3.63, 3.8) is 0 Å². The minimum Gasteiger partial charge on any atom is -0.457 e. The van der Waals surface area contributed by atoms with Gasteiger partial charge in [-0.15, -0.1) is 0 Å². The van der Waals surface area contributed by atoms with Gasteiger partial charge in [-0.2, -0.15) is 0 Å². The number of benzene rings is 3. The van der Waals surface area contributed by atoms with Crippen LogP contribution in [0.1, 0.15) is 57.2 Å². The van der Waals surface area contributed by atoms with Gasteiger partial charge in [-0.25, -0.2) is 0 Å². The van der Waals surface area contributed by atoms with E-state index >= 15 is 0 Å². The van der Waals surface area contributed by atoms with Crippen molar-refractivity contribution in [2.45, 2.75) is 51.4 Å². The lowest BCUT2D eigenvalue weighted by Gasteiger charge is -2.38. The number of rotatable bonds is 1. The Bertz CT molecular complexity index is 1300. The van der Waals surface area contributed by atoms with Crippen molar-refractivity contribution in [2.24, 2.45) is 0 Å². The van der Waals surface area contributed by atoms with E-state index in [2.05, 4.69) is 101 Å². The van der Waals surface area contributed by atoms with E-state index in [0.717, 1.165) is 24.4 Å². The average molecular weight is 405 g/mol. The summed E-state index contributed by atoms with van der Waals surface area (Å²) in [6, 6.07) is 22.6. The van der Waals surface area contributed by atoms with Crippen LogP contribution in [-0.4, -0.2) is 0 Å². The molecule has 31 heavy (non-hydrogen) atoms. The van der Waals surface area contributed by atoms with Gasteiger partial charge in [-0.3, -0.25) is 0 Å². The summed E-state index contributed by atoms with van der Waals surface area (Å²) in [4.78, 5) is 0. The summed E-state index contributed by atoms with van der Waals surface area (Å²) in [5, 5.41) is 0. The lowest BCUT2D eigenvalue weighted by molar-refractivity contribution is 0.366. The van der Waals surface area contributed by atoms with Crippen LogP contribution in [0.15, 0.2) is 84.1 Å². The average Bonchev–Trinajstić information content (AvgIpc) is 3.01. The summed E-state index contributed by atoms with van der Waals surface area (Å²) in [5.74, 6) is 2.04. The summed E-state index contributed by atoms with van der Waals surface area (Å²) in [6.45, 7) is 9.31. The minimum atomic E-state index is -0.0544. The van der Waals surface area contributed by atoms with E-state index in [1.165, 1.54) is 44.5 Å². The standard InChI is InChI=1S/C30H28O/c1-29(2)23-10-6-5-9-21(23)22-17-19(13-15-24(22)29)20-14-16-28-26(18-20)30(3,4)25-11-7-8-12-27(25)31-28/h5-6,9-18H,7-8H2,1-4H3. The molecule has 0 atom stereocenters. The van der Waals surface area contributed by atoms with Crippen LogP contribution in [0.25, 0.3) is 22.3 Å². The summed E-state index contributed by atoms with van der Waals surface area (Å²) in [7, 11) is 0. The van der Waals surface area contributed by atoms with Crippen LogP contribution in [0.4, 0.5) is 0 Å². The van der Waals surface area contributed by atoms with Crippen LogP contribution in [0.5, 0.6) is 5.75 Å². The van der Waals surface area contributed by atoms with Crippen LogP contribution in [-0.2, 0) is 10.8 Å². The Kier molecular flexibility index (Phi) is 3.76. The second kappa shape index (κ2) is 6.23. The monoisotopic (exact) mass is 404 g/mol. The number of hydrogen-bond acceptors (Lipinski definition) is 1. The third-order valence-electron chi connectivity index (χ3n) is 7.57. The summed E-state index contributed by atoms with van der Waals surface area (Å²) < 4.78 is 6.30. The maximum absolute atomic E-state index is 6.30. The third-order valence-corrected chi connectivity index (χ3v) is 7.57. The molecule has 1 heteroatoms. The zero-order valence-corrected chi connectivity index (χ0v) is 18.8. The Balaban J connectivity index is 1.49. The number of ether oxygens (including phenoxy) is 1. The first-order chi connectivity index (χ1) is 14.9. The van der Waals surface area contributed by atoms with E-state index in [-0.39, 0.29) is 10.8 Å². The van der Waals surface area contributed by atoms with E-state index < -0.39 is 0 Å². The zero-order valence-electron chi connectivity index (χ0n) is 18.8. The van der Waals surface area contributed by atoms with Gasteiger partial charge in [0.05, 0.1) is 0 Å². The first-order valence-electron chi connectivity index (χ1n) is 11.4. The van der Waals surface area contributed by atoms with Crippen molar-refractivity contribution in [2.75, 3.05) is 0 Å². The van der Waals surface area contributed by atoms with Gasteiger partial charge in [-0.1, -0.05) is 76.2 Å². The summed E-state index contributed by atoms with van der Waals surface area (Å²) in [5.41, 5.74) is 10.7. The highest BCUT2D eigenvalue weighted by Crippen LogP contribution is 2.51. The predicted octanol–water partition coefficient (Wildman–Crippen LogP) is 7.93. The smallest absolute Gasteiger partial charge is 0.131 e. The third kappa shape index (κ3) is 2.56. The molecule has 0 saturated heterocycles. The largest absolute Gasteiger partial charge is 0.457 e. The van der Waals surface area contributed by atoms with E-state index in [9.17, 15) is 0 Å². The molecule has 0 unspecified atom stereocenters. The molecule has 6 rings (SSSR count). The topological polar surface area (TPSA) is 9.23 Å². The Hall–Kier alpha value is -3.06. The highest BCUT2D eigenvalue weighted by atomic mass is 16.5. The summed E-state index contributed by atoms with van der Waals surface area (Å²) >= 11 is 0. The van der Waals surface area contributed by atoms with E-state index in [1.807, 2.05) is 0 Å². The van der Waals surface area contributed by atoms with Crippen LogP contribution < -0.4 is 4.74 Å². The molecule has 1 heterocycles. The molecule has 0 spiro atoms. The van der Waals surface area contributed by atoms with Crippen molar-refractivity contribution in [3.8, 4) is 28.0 Å². The fourth-order valence-electron chi connectivity index (χ4n) is 5.76. The molecular weight excluding hydrogens is 376 g/mol. The Labute approximate surface area is 185 Å². The summed E-state index contributed by atoms with van der Waals surface area (Å²) in [6.07, 6.45) is 6.77. The van der Waals surface area contributed by atoms with Gasteiger partial charge in [0, 0.05) is 22.0 Å². The molecule has 154 valence electrons. The van der Waals surface area contributed by atoms with E-state index in [1.54, 1.807) is 0 Å². The Morgan fingerprint density at radius 1 is 0.645 bits per heavy atom.